The highest BCUT2D eigenvalue weighted by atomic mass is 19.1. The molecule has 0 bridgehead atoms. The normalized spacial score (nSPS) is 14.2. The Bertz CT molecular complexity index is 810. The number of hydrogen-bond acceptors (Lipinski definition) is 3. The summed E-state index contributed by atoms with van der Waals surface area (Å²) >= 11 is 0. The van der Waals surface area contributed by atoms with Gasteiger partial charge in [-0.3, -0.25) is 4.79 Å². The number of aliphatic hydroxyl groups excluding tert-OH is 1. The summed E-state index contributed by atoms with van der Waals surface area (Å²) in [6.45, 7) is 1.22. The van der Waals surface area contributed by atoms with Gasteiger partial charge < -0.3 is 10.1 Å². The molecule has 0 aliphatic heterocycles. The number of nitrogens with one attached hydrogen (secondary N) is 1. The van der Waals surface area contributed by atoms with Crippen LogP contribution in [0.2, 0.25) is 0 Å². The Hall–Kier alpha value is -2.19. The molecule has 2 N–H and O–H groups in total. The van der Waals surface area contributed by atoms with Gasteiger partial charge in [-0.1, -0.05) is 5.92 Å². The predicted octanol–water partition coefficient (Wildman–Crippen LogP) is 1.80. The molecule has 20 heavy (non-hydrogen) atoms. The van der Waals surface area contributed by atoms with Crippen LogP contribution >= 0.6 is 0 Å². The molecule has 0 radical (unpaired) electrons. The Morgan fingerprint density at radius 3 is 2.90 bits per heavy atom. The number of aromatic amines is 1. The zero-order chi connectivity index (χ0) is 14.3. The number of nitrogens with zero attached hydrogens (tertiary/aromatic N) is 1. The molecule has 1 fully saturated rings. The molecule has 1 aromatic carbocycles. The van der Waals surface area contributed by atoms with Crippen molar-refractivity contribution in [1.29, 1.82) is 0 Å². The van der Waals surface area contributed by atoms with Crippen LogP contribution in [-0.2, 0) is 6.61 Å². The molecular formula is C15H13FN2O2. The minimum atomic E-state index is -0.642. The largest absolute Gasteiger partial charge is 0.392 e. The Morgan fingerprint density at radius 1 is 1.55 bits per heavy atom. The number of H-pyrrole nitrogens is 1. The van der Waals surface area contributed by atoms with Crippen molar-refractivity contribution >= 4 is 11.0 Å². The summed E-state index contributed by atoms with van der Waals surface area (Å²) in [6.07, 6.45) is 1.88. The molecule has 3 rings (SSSR count). The average Bonchev–Trinajstić information content (AvgIpc) is 3.26. The fourth-order valence-electron chi connectivity index (χ4n) is 2.26. The maximum Gasteiger partial charge on any atom is 0.270 e. The molecule has 0 amide bonds. The molecule has 102 valence electrons. The number of benzene rings is 1. The van der Waals surface area contributed by atoms with E-state index in [1.54, 1.807) is 6.92 Å². The number of aromatic nitrogens is 2. The molecule has 5 heteroatoms. The van der Waals surface area contributed by atoms with Gasteiger partial charge in [0.05, 0.1) is 12.2 Å². The lowest BCUT2D eigenvalue weighted by molar-refractivity contribution is 0.276. The number of fused-ring (bicyclic) bond motifs is 1. The van der Waals surface area contributed by atoms with E-state index in [1.165, 1.54) is 6.07 Å². The molecule has 1 aliphatic carbocycles. The van der Waals surface area contributed by atoms with E-state index in [2.05, 4.69) is 21.8 Å². The van der Waals surface area contributed by atoms with Crippen LogP contribution in [0.15, 0.2) is 10.9 Å². The topological polar surface area (TPSA) is 66.0 Å². The Kier molecular flexibility index (Phi) is 3.03. The lowest BCUT2D eigenvalue weighted by Crippen LogP contribution is -2.16. The number of hydrogen-bond donors (Lipinski definition) is 2. The molecule has 4 nitrogen and oxygen atoms in total. The van der Waals surface area contributed by atoms with E-state index in [1.807, 2.05) is 0 Å². The molecule has 1 aromatic heterocycles. The zero-order valence-corrected chi connectivity index (χ0v) is 11.0. The van der Waals surface area contributed by atoms with Crippen molar-refractivity contribution in [3.05, 3.63) is 39.1 Å². The first-order chi connectivity index (χ1) is 9.65. The maximum atomic E-state index is 14.2. The van der Waals surface area contributed by atoms with Crippen molar-refractivity contribution in [3.8, 4) is 11.8 Å². The molecular weight excluding hydrogens is 259 g/mol. The standard InChI is InChI=1S/C15H13FN2O2/c1-2-3-9-6-10(7-19)11(16)14-12(9)17-13(8-4-5-8)15(20)18-14/h6,8,19H,4-5,7H2,1H3,(H,18,20). The van der Waals surface area contributed by atoms with Crippen molar-refractivity contribution < 1.29 is 9.50 Å². The third-order valence-corrected chi connectivity index (χ3v) is 3.41. The van der Waals surface area contributed by atoms with E-state index in [-0.39, 0.29) is 22.6 Å². The Balaban J connectivity index is 2.39. The van der Waals surface area contributed by atoms with Crippen molar-refractivity contribution in [2.75, 3.05) is 0 Å². The lowest BCUT2D eigenvalue weighted by Gasteiger charge is -2.08. The summed E-state index contributed by atoms with van der Waals surface area (Å²) in [5.74, 6) is 5.12. The molecule has 0 spiro atoms. The van der Waals surface area contributed by atoms with Crippen molar-refractivity contribution in [2.45, 2.75) is 32.3 Å². The number of halogens is 1. The van der Waals surface area contributed by atoms with Crippen LogP contribution in [0.25, 0.3) is 11.0 Å². The van der Waals surface area contributed by atoms with Crippen LogP contribution < -0.4 is 5.56 Å². The third-order valence-electron chi connectivity index (χ3n) is 3.41. The molecule has 1 aliphatic rings. The van der Waals surface area contributed by atoms with Crippen LogP contribution in [0.3, 0.4) is 0 Å². The minimum Gasteiger partial charge on any atom is -0.392 e. The van der Waals surface area contributed by atoms with Gasteiger partial charge in [0.2, 0.25) is 0 Å². The SMILES string of the molecule is CC#Cc1cc(CO)c(F)c2[nH]c(=O)c(C3CC3)nc12. The van der Waals surface area contributed by atoms with Crippen LogP contribution in [0.4, 0.5) is 4.39 Å². The minimum absolute atomic E-state index is 0.0173. The van der Waals surface area contributed by atoms with Crippen molar-refractivity contribution in [2.24, 2.45) is 0 Å². The summed E-state index contributed by atoms with van der Waals surface area (Å²) in [4.78, 5) is 18.8. The fourth-order valence-corrected chi connectivity index (χ4v) is 2.26. The first-order valence-electron chi connectivity index (χ1n) is 6.44. The average molecular weight is 272 g/mol. The Morgan fingerprint density at radius 2 is 2.30 bits per heavy atom. The number of rotatable bonds is 2. The van der Waals surface area contributed by atoms with E-state index in [0.717, 1.165) is 12.8 Å². The predicted molar refractivity (Wildman–Crippen MR) is 72.8 cm³/mol. The third kappa shape index (κ3) is 1.98. The monoisotopic (exact) mass is 272 g/mol. The van der Waals surface area contributed by atoms with Gasteiger partial charge in [-0.25, -0.2) is 9.37 Å². The van der Waals surface area contributed by atoms with E-state index < -0.39 is 12.4 Å². The van der Waals surface area contributed by atoms with Crippen molar-refractivity contribution in [1.82, 2.24) is 9.97 Å². The van der Waals surface area contributed by atoms with E-state index in [9.17, 15) is 14.3 Å². The molecule has 0 atom stereocenters. The first kappa shape index (κ1) is 12.8. The van der Waals surface area contributed by atoms with Gasteiger partial charge in [-0.05, 0) is 25.8 Å². The molecule has 1 saturated carbocycles. The summed E-state index contributed by atoms with van der Waals surface area (Å²) in [7, 11) is 0. The summed E-state index contributed by atoms with van der Waals surface area (Å²) in [5.41, 5.74) is 1.09. The van der Waals surface area contributed by atoms with Gasteiger partial charge >= 0.3 is 0 Å². The summed E-state index contributed by atoms with van der Waals surface area (Å²) in [5, 5.41) is 9.19. The molecule has 0 saturated heterocycles. The van der Waals surface area contributed by atoms with Gasteiger partial charge in [0.15, 0.2) is 5.82 Å². The highest BCUT2D eigenvalue weighted by Gasteiger charge is 2.29. The number of aliphatic hydroxyl groups is 1. The van der Waals surface area contributed by atoms with E-state index in [0.29, 0.717) is 16.8 Å². The first-order valence-corrected chi connectivity index (χ1v) is 6.44. The highest BCUT2D eigenvalue weighted by molar-refractivity contribution is 5.82. The lowest BCUT2D eigenvalue weighted by atomic mass is 10.1. The van der Waals surface area contributed by atoms with E-state index >= 15 is 0 Å². The summed E-state index contributed by atoms with van der Waals surface area (Å²) in [6, 6.07) is 1.48. The zero-order valence-electron chi connectivity index (χ0n) is 11.0. The van der Waals surface area contributed by atoms with E-state index in [4.69, 9.17) is 0 Å². The second-order valence-electron chi connectivity index (χ2n) is 4.88. The maximum absolute atomic E-state index is 14.2. The van der Waals surface area contributed by atoms with Gasteiger partial charge in [0.1, 0.15) is 16.7 Å². The molecule has 2 aromatic rings. The smallest absolute Gasteiger partial charge is 0.270 e. The molecule has 1 heterocycles. The summed E-state index contributed by atoms with van der Waals surface area (Å²) < 4.78 is 14.2. The fraction of sp³-hybridized carbons (Fsp3) is 0.333. The highest BCUT2D eigenvalue weighted by Crippen LogP contribution is 2.37. The van der Waals surface area contributed by atoms with Crippen LogP contribution in [0.5, 0.6) is 0 Å². The molecule has 0 unspecified atom stereocenters. The Labute approximate surface area is 114 Å². The second kappa shape index (κ2) is 4.73. The van der Waals surface area contributed by atoms with Gasteiger partial charge in [-0.15, -0.1) is 5.92 Å². The van der Waals surface area contributed by atoms with Gasteiger partial charge in [-0.2, -0.15) is 0 Å². The van der Waals surface area contributed by atoms with Crippen LogP contribution in [0, 0.1) is 17.7 Å². The second-order valence-corrected chi connectivity index (χ2v) is 4.88. The quantitative estimate of drug-likeness (QED) is 0.819. The van der Waals surface area contributed by atoms with Crippen LogP contribution in [-0.4, -0.2) is 15.1 Å². The van der Waals surface area contributed by atoms with Crippen LogP contribution in [0.1, 0.15) is 42.5 Å². The van der Waals surface area contributed by atoms with Gasteiger partial charge in [0, 0.05) is 11.5 Å². The van der Waals surface area contributed by atoms with Gasteiger partial charge in [0.25, 0.3) is 5.56 Å². The van der Waals surface area contributed by atoms with Crippen molar-refractivity contribution in [3.63, 3.8) is 0 Å².